The fourth-order valence-corrected chi connectivity index (χ4v) is 16.1. The van der Waals surface area contributed by atoms with E-state index in [1.165, 1.54) is 10.9 Å². The molecule has 2 aromatic rings. The lowest BCUT2D eigenvalue weighted by molar-refractivity contribution is -0.0484. The van der Waals surface area contributed by atoms with E-state index in [1.54, 1.807) is 0 Å². The maximum absolute atomic E-state index is 12.9. The van der Waals surface area contributed by atoms with Crippen molar-refractivity contribution in [3.8, 4) is 0 Å². The van der Waals surface area contributed by atoms with Crippen molar-refractivity contribution in [1.29, 1.82) is 0 Å². The predicted octanol–water partition coefficient (Wildman–Crippen LogP) is 1.48. The molecule has 0 aliphatic carbocycles. The number of hydrogen-bond acceptors (Lipinski definition) is 11. The Balaban J connectivity index is 1.82. The number of ether oxygens (including phenoxy) is 1. The van der Waals surface area contributed by atoms with Crippen LogP contribution in [-0.2, 0) is 23.0 Å². The largest absolute Gasteiger partial charge is 0.387 e. The number of anilines is 1. The molecule has 35 heavy (non-hydrogen) atoms. The molecule has 198 valence electrons. The summed E-state index contributed by atoms with van der Waals surface area (Å²) in [6, 6.07) is 0. The molecule has 6 atom stereocenters. The third kappa shape index (κ3) is 5.03. The number of imidazole rings is 1. The van der Waals surface area contributed by atoms with E-state index < -0.39 is 59.1 Å². The molecule has 1 fully saturated rings. The Morgan fingerprint density at radius 1 is 1.03 bits per heavy atom. The van der Waals surface area contributed by atoms with Crippen LogP contribution >= 0.6 is 86.3 Å². The lowest BCUT2D eigenvalue weighted by Crippen LogP contribution is -2.34. The van der Waals surface area contributed by atoms with Crippen molar-refractivity contribution in [2.75, 3.05) is 12.3 Å². The second-order valence-corrected chi connectivity index (χ2v) is 25.8. The third-order valence-electron chi connectivity index (χ3n) is 4.83. The van der Waals surface area contributed by atoms with Gasteiger partial charge in [0.15, 0.2) is 17.7 Å². The highest BCUT2D eigenvalue weighted by Crippen LogP contribution is 2.90. The van der Waals surface area contributed by atoms with Gasteiger partial charge in [0, 0.05) is 0 Å². The maximum atomic E-state index is 12.9. The maximum Gasteiger partial charge on any atom is 0.365 e. The Bertz CT molecular complexity index is 1270. The van der Waals surface area contributed by atoms with Crippen molar-refractivity contribution in [3.63, 3.8) is 0 Å². The van der Waals surface area contributed by atoms with Gasteiger partial charge in [-0.3, -0.25) is 18.3 Å². The normalized spacial score (nSPS) is 27.6. The number of hydrogen-bond donors (Lipinski definition) is 7. The average Bonchev–Trinajstić information content (AvgIpc) is 3.28. The summed E-state index contributed by atoms with van der Waals surface area (Å²) in [4.78, 5) is 51.5. The van der Waals surface area contributed by atoms with Crippen molar-refractivity contribution in [3.05, 3.63) is 12.7 Å². The highest BCUT2D eigenvalue weighted by atomic mass is 79.9. The molecule has 3 rings (SSSR count). The van der Waals surface area contributed by atoms with Crippen LogP contribution < -0.4 is 5.73 Å². The number of alkyl halides is 4. The van der Waals surface area contributed by atoms with Crippen LogP contribution in [-0.4, -0.2) is 79.7 Å². The first-order valence-corrected chi connectivity index (χ1v) is 16.9. The Labute approximate surface area is 229 Å². The predicted molar refractivity (Wildman–Crippen MR) is 134 cm³/mol. The highest BCUT2D eigenvalue weighted by Gasteiger charge is 2.71. The molecule has 1 aliphatic rings. The molecule has 2 unspecified atom stereocenters. The fraction of sp³-hybridized carbons (Fsp3) is 0.583. The van der Waals surface area contributed by atoms with Crippen molar-refractivity contribution in [2.45, 2.75) is 30.0 Å². The minimum Gasteiger partial charge on any atom is -0.387 e. The van der Waals surface area contributed by atoms with E-state index >= 15 is 0 Å². The molecule has 0 amide bonds. The van der Waals surface area contributed by atoms with E-state index in [0.717, 1.165) is 6.33 Å². The molecule has 0 aromatic carbocycles. The first kappa shape index (κ1) is 30.2. The Morgan fingerprint density at radius 2 is 1.63 bits per heavy atom. The van der Waals surface area contributed by atoms with Crippen LogP contribution in [0, 0.1) is 0 Å². The summed E-state index contributed by atoms with van der Waals surface area (Å²) in [5.74, 6) is 0.0484. The number of nitrogens with zero attached hydrogens (tertiary/aromatic N) is 4. The van der Waals surface area contributed by atoms with Crippen LogP contribution in [0.5, 0.6) is 0 Å². The average molecular weight is 819 g/mol. The van der Waals surface area contributed by atoms with Crippen molar-refractivity contribution in [1.82, 2.24) is 19.5 Å². The van der Waals surface area contributed by atoms with Gasteiger partial charge in [-0.05, 0) is 63.7 Å². The van der Waals surface area contributed by atoms with Crippen LogP contribution in [0.3, 0.4) is 0 Å². The quantitative estimate of drug-likeness (QED) is 0.147. The molecule has 23 heteroatoms. The Hall–Kier alpha value is 0.640. The molecule has 8 N–H and O–H groups in total. The summed E-state index contributed by atoms with van der Waals surface area (Å²) in [5, 5.41) is 20.8. The van der Waals surface area contributed by atoms with Gasteiger partial charge in [0.05, 0.1) is 12.9 Å². The second-order valence-electron chi connectivity index (χ2n) is 7.08. The monoisotopic (exact) mass is 815 g/mol. The summed E-state index contributed by atoms with van der Waals surface area (Å²) >= 11 is 9.89. The number of nitrogens with two attached hydrogens (primary N) is 1. The Morgan fingerprint density at radius 3 is 2.20 bits per heavy atom. The lowest BCUT2D eigenvalue weighted by atomic mass is 10.1. The topological polar surface area (TPSA) is 261 Å². The standard InChI is InChI=1S/C12H16Br4N5O11P3/c13-11(14,34(26,27)28)33(24,25)12(15,16)35(29,30)31-1-4-6(22)7(23)10(32-4)21-3-20-5-8(17)18-2-19-9(5)21/h2-4,6-7,10,22-23H,1H2,(H,24,25)(H,29,30)(H2,17,18,19)(H2,26,27,28)/t4-,6-,7-,10+/m0/s1. The van der Waals surface area contributed by atoms with E-state index in [9.17, 15) is 43.5 Å². The molecule has 1 saturated heterocycles. The van der Waals surface area contributed by atoms with Crippen LogP contribution in [0.2, 0.25) is 0 Å². The van der Waals surface area contributed by atoms with Crippen LogP contribution in [0.25, 0.3) is 11.2 Å². The highest BCUT2D eigenvalue weighted by molar-refractivity contribution is 9.32. The zero-order chi connectivity index (χ0) is 26.8. The van der Waals surface area contributed by atoms with Gasteiger partial charge in [-0.2, -0.15) is 0 Å². The zero-order valence-electron chi connectivity index (χ0n) is 16.6. The van der Waals surface area contributed by atoms with Gasteiger partial charge in [-0.1, -0.05) is 0 Å². The molecule has 2 aromatic heterocycles. The smallest absolute Gasteiger partial charge is 0.365 e. The fourth-order valence-electron chi connectivity index (χ4n) is 2.91. The number of aliphatic hydroxyl groups is 2. The van der Waals surface area contributed by atoms with Gasteiger partial charge in [-0.15, -0.1) is 0 Å². The number of fused-ring (bicyclic) bond motifs is 1. The van der Waals surface area contributed by atoms with Crippen LogP contribution in [0.4, 0.5) is 5.82 Å². The number of aromatic nitrogens is 4. The lowest BCUT2D eigenvalue weighted by Gasteiger charge is -2.36. The van der Waals surface area contributed by atoms with Gasteiger partial charge in [-0.25, -0.2) is 15.0 Å². The summed E-state index contributed by atoms with van der Waals surface area (Å²) in [5.41, 5.74) is 6.07. The SMILES string of the molecule is Nc1ncnc2c1ncn2[C@@H]1O[C@@H](COP(=O)(O)C(Br)(Br)P(=O)(O)C(Br)(Br)P(=O)(O)O)[C@H](O)[C@@H]1O. The molecule has 0 bridgehead atoms. The van der Waals surface area contributed by atoms with E-state index in [4.69, 9.17) is 15.0 Å². The van der Waals surface area contributed by atoms with E-state index in [1.807, 2.05) is 0 Å². The second kappa shape index (κ2) is 9.99. The Kier molecular flexibility index (Phi) is 8.62. The summed E-state index contributed by atoms with van der Waals surface area (Å²) in [6.07, 6.45) is -3.64. The van der Waals surface area contributed by atoms with Gasteiger partial charge < -0.3 is 44.8 Å². The van der Waals surface area contributed by atoms with Crippen LogP contribution in [0.15, 0.2) is 12.7 Å². The van der Waals surface area contributed by atoms with Crippen molar-refractivity contribution in [2.24, 2.45) is 0 Å². The molecular weight excluding hydrogens is 803 g/mol. The van der Waals surface area contributed by atoms with E-state index in [-0.39, 0.29) is 17.0 Å². The number of aliphatic hydroxyl groups excluding tert-OH is 2. The molecule has 1 aliphatic heterocycles. The molecule has 3 heterocycles. The van der Waals surface area contributed by atoms with Crippen molar-refractivity contribution < 1.29 is 52.7 Å². The molecular formula is C12H16Br4N5O11P3. The van der Waals surface area contributed by atoms with E-state index in [0.29, 0.717) is 0 Å². The zero-order valence-corrected chi connectivity index (χ0v) is 25.6. The third-order valence-corrected chi connectivity index (χ3v) is 22.6. The number of rotatable bonds is 8. The minimum atomic E-state index is -5.44. The first-order valence-electron chi connectivity index (χ1n) is 8.84. The molecule has 0 radical (unpaired) electrons. The van der Waals surface area contributed by atoms with Crippen LogP contribution in [0.1, 0.15) is 6.23 Å². The van der Waals surface area contributed by atoms with Crippen molar-refractivity contribution >= 4 is 103 Å². The number of nitrogen functional groups attached to an aromatic ring is 1. The van der Waals surface area contributed by atoms with Gasteiger partial charge in [0.2, 0.25) is 0 Å². The van der Waals surface area contributed by atoms with E-state index in [2.05, 4.69) is 78.7 Å². The van der Waals surface area contributed by atoms with Gasteiger partial charge in [0.25, 0.3) is 12.8 Å². The van der Waals surface area contributed by atoms with Gasteiger partial charge in [0.1, 0.15) is 30.2 Å². The molecule has 16 nitrogen and oxygen atoms in total. The minimum absolute atomic E-state index is 0.0484. The summed E-state index contributed by atoms with van der Waals surface area (Å²) in [7, 11) is -16.2. The first-order chi connectivity index (χ1) is 15.8. The molecule has 0 spiro atoms. The summed E-state index contributed by atoms with van der Waals surface area (Å²) in [6.45, 7) is -0.904. The molecule has 0 saturated carbocycles. The number of halogens is 4. The van der Waals surface area contributed by atoms with Gasteiger partial charge >= 0.3 is 15.2 Å². The summed E-state index contributed by atoms with van der Waals surface area (Å²) < 4.78 is 43.2.